The Balaban J connectivity index is 1.20. The van der Waals surface area contributed by atoms with Crippen LogP contribution < -0.4 is 0 Å². The first kappa shape index (κ1) is 38.3. The number of hydrogen-bond acceptors (Lipinski definition) is 5. The van der Waals surface area contributed by atoms with Crippen LogP contribution in [-0.2, 0) is 0 Å². The summed E-state index contributed by atoms with van der Waals surface area (Å²) in [6, 6.07) is 60.8. The van der Waals surface area contributed by atoms with E-state index in [1.54, 1.807) is 0 Å². The maximum atomic E-state index is 10.7. The van der Waals surface area contributed by atoms with Gasteiger partial charge in [-0.05, 0) is 118 Å². The third-order valence-electron chi connectivity index (χ3n) is 12.3. The van der Waals surface area contributed by atoms with Crippen molar-refractivity contribution >= 4 is 43.6 Å². The van der Waals surface area contributed by atoms with Gasteiger partial charge in [0.2, 0.25) is 0 Å². The summed E-state index contributed by atoms with van der Waals surface area (Å²) >= 11 is 0. The Morgan fingerprint density at radius 1 is 0.359 bits per heavy atom. The van der Waals surface area contributed by atoms with Gasteiger partial charge in [0.25, 0.3) is 0 Å². The number of hydrogen-bond donors (Lipinski definition) is 0. The maximum Gasteiger partial charge on any atom is 0.165 e. The van der Waals surface area contributed by atoms with Crippen molar-refractivity contribution in [3.8, 4) is 68.8 Å². The molecule has 3 aromatic heterocycles. The number of fused-ring (bicyclic) bond motifs is 6. The van der Waals surface area contributed by atoms with Crippen LogP contribution in [0.5, 0.6) is 0 Å². The van der Waals surface area contributed by atoms with E-state index in [0.29, 0.717) is 34.2 Å². The van der Waals surface area contributed by atoms with E-state index in [0.717, 1.165) is 66.5 Å². The smallest absolute Gasteiger partial charge is 0.165 e. The summed E-state index contributed by atoms with van der Waals surface area (Å²) in [6.45, 7) is 8.48. The average molecular weight is 822 g/mol. The predicted molar refractivity (Wildman–Crippen MR) is 259 cm³/mol. The lowest BCUT2D eigenvalue weighted by molar-refractivity contribution is 1.07. The van der Waals surface area contributed by atoms with Gasteiger partial charge in [0.15, 0.2) is 17.5 Å². The molecule has 0 bridgehead atoms. The quantitative estimate of drug-likeness (QED) is 0.166. The van der Waals surface area contributed by atoms with Crippen molar-refractivity contribution in [2.45, 2.75) is 27.7 Å². The van der Waals surface area contributed by atoms with E-state index < -0.39 is 0 Å². The summed E-state index contributed by atoms with van der Waals surface area (Å²) in [5.74, 6) is 1.24. The molecule has 7 heteroatoms. The molecule has 0 aliphatic carbocycles. The van der Waals surface area contributed by atoms with E-state index in [2.05, 4.69) is 140 Å². The van der Waals surface area contributed by atoms with Crippen molar-refractivity contribution in [3.05, 3.63) is 197 Å². The largest absolute Gasteiger partial charge is 0.309 e. The monoisotopic (exact) mass is 821 g/mol. The van der Waals surface area contributed by atoms with Crippen molar-refractivity contribution in [1.82, 2.24) is 24.1 Å². The molecule has 3 heterocycles. The molecule has 0 spiro atoms. The Morgan fingerprint density at radius 2 is 0.781 bits per heavy atom. The number of nitriles is 2. The molecule has 8 aromatic carbocycles. The molecule has 0 unspecified atom stereocenters. The summed E-state index contributed by atoms with van der Waals surface area (Å²) in [5.41, 5.74) is 15.5. The number of rotatable bonds is 6. The van der Waals surface area contributed by atoms with Crippen LogP contribution in [0.3, 0.4) is 0 Å². The summed E-state index contributed by atoms with van der Waals surface area (Å²) in [6.07, 6.45) is 0. The molecule has 0 saturated carbocycles. The first-order valence-electron chi connectivity index (χ1n) is 21.3. The van der Waals surface area contributed by atoms with Gasteiger partial charge in [-0.15, -0.1) is 0 Å². The molecule has 0 fully saturated rings. The summed E-state index contributed by atoms with van der Waals surface area (Å²) in [5, 5.41) is 25.8. The highest BCUT2D eigenvalue weighted by Crippen LogP contribution is 2.40. The maximum absolute atomic E-state index is 10.7. The van der Waals surface area contributed by atoms with Gasteiger partial charge >= 0.3 is 0 Å². The van der Waals surface area contributed by atoms with Crippen molar-refractivity contribution in [2.75, 3.05) is 0 Å². The van der Waals surface area contributed by atoms with Crippen LogP contribution >= 0.6 is 0 Å². The van der Waals surface area contributed by atoms with Crippen LogP contribution in [0.15, 0.2) is 164 Å². The van der Waals surface area contributed by atoms with Crippen LogP contribution in [0.2, 0.25) is 0 Å². The number of benzene rings is 8. The van der Waals surface area contributed by atoms with Gasteiger partial charge in [0.05, 0.1) is 45.3 Å². The minimum Gasteiger partial charge on any atom is -0.309 e. The Morgan fingerprint density at radius 3 is 1.30 bits per heavy atom. The van der Waals surface area contributed by atoms with Crippen LogP contribution in [0.4, 0.5) is 0 Å². The fourth-order valence-electron chi connectivity index (χ4n) is 9.25. The Kier molecular flexibility index (Phi) is 9.01. The second kappa shape index (κ2) is 15.1. The number of aryl methyl sites for hydroxylation is 4. The topological polar surface area (TPSA) is 96.1 Å². The predicted octanol–water partition coefficient (Wildman–Crippen LogP) is 13.7. The molecular formula is C57H39N7. The highest BCUT2D eigenvalue weighted by atomic mass is 15.0. The molecular weight excluding hydrogens is 783 g/mol. The average Bonchev–Trinajstić information content (AvgIpc) is 3.82. The van der Waals surface area contributed by atoms with E-state index in [4.69, 9.17) is 15.0 Å². The second-order valence-corrected chi connectivity index (χ2v) is 16.7. The summed E-state index contributed by atoms with van der Waals surface area (Å²) in [7, 11) is 0. The molecule has 302 valence electrons. The minimum absolute atomic E-state index is 0.363. The van der Waals surface area contributed by atoms with E-state index in [1.807, 2.05) is 72.8 Å². The summed E-state index contributed by atoms with van der Waals surface area (Å²) in [4.78, 5) is 15.7. The molecule has 0 N–H and O–H groups in total. The third-order valence-corrected chi connectivity index (χ3v) is 12.3. The van der Waals surface area contributed by atoms with Crippen LogP contribution in [-0.4, -0.2) is 24.1 Å². The standard InChI is InChI=1S/C57H39N7/c1-34-14-22-51-46(26-34)47-27-35(2)15-23-52(47)63(51)41-19-18-40(33-59)45(30-41)56-60-55(38-10-6-5-7-11-38)61-57(62-56)50-31-42(20-21-44(50)43-13-9-8-12-39(43)32-58)64-53-24-16-36(3)28-48(53)49-29-37(4)17-25-54(49)64/h5-31H,1-4H3. The zero-order chi connectivity index (χ0) is 43.6. The number of nitrogens with zero attached hydrogens (tertiary/aromatic N) is 7. The van der Waals surface area contributed by atoms with Gasteiger partial charge in [-0.2, -0.15) is 10.5 Å². The van der Waals surface area contributed by atoms with Gasteiger partial charge < -0.3 is 9.13 Å². The second-order valence-electron chi connectivity index (χ2n) is 16.7. The molecule has 0 aliphatic rings. The van der Waals surface area contributed by atoms with E-state index in [9.17, 15) is 10.5 Å². The highest BCUT2D eigenvalue weighted by molar-refractivity contribution is 6.11. The molecule has 0 atom stereocenters. The molecule has 0 saturated heterocycles. The molecule has 0 amide bonds. The molecule has 7 nitrogen and oxygen atoms in total. The van der Waals surface area contributed by atoms with Crippen LogP contribution in [0, 0.1) is 50.4 Å². The lowest BCUT2D eigenvalue weighted by Crippen LogP contribution is -2.04. The normalized spacial score (nSPS) is 11.4. The summed E-state index contributed by atoms with van der Waals surface area (Å²) < 4.78 is 4.54. The van der Waals surface area contributed by atoms with Crippen LogP contribution in [0.25, 0.3) is 100 Å². The van der Waals surface area contributed by atoms with Crippen molar-refractivity contribution in [1.29, 1.82) is 10.5 Å². The van der Waals surface area contributed by atoms with Gasteiger partial charge in [-0.1, -0.05) is 101 Å². The van der Waals surface area contributed by atoms with E-state index in [-0.39, 0.29) is 0 Å². The minimum atomic E-state index is 0.363. The SMILES string of the molecule is Cc1ccc2c(c1)c1cc(C)ccc1n2-c1ccc(C#N)c(-c2nc(-c3ccccc3)nc(-c3cc(-n4c5ccc(C)cc5c5cc(C)ccc54)ccc3-c3ccccc3C#N)n2)c1. The van der Waals surface area contributed by atoms with Crippen molar-refractivity contribution in [2.24, 2.45) is 0 Å². The Bertz CT molecular complexity index is 3680. The third kappa shape index (κ3) is 6.30. The van der Waals surface area contributed by atoms with Gasteiger partial charge in [0.1, 0.15) is 0 Å². The molecule has 11 aromatic rings. The van der Waals surface area contributed by atoms with Crippen LogP contribution in [0.1, 0.15) is 33.4 Å². The van der Waals surface area contributed by atoms with Crippen molar-refractivity contribution in [3.63, 3.8) is 0 Å². The Hall–Kier alpha value is -8.65. The van der Waals surface area contributed by atoms with Gasteiger partial charge in [-0.3, -0.25) is 0 Å². The van der Waals surface area contributed by atoms with Gasteiger partial charge in [-0.25, -0.2) is 15.0 Å². The molecule has 0 radical (unpaired) electrons. The first-order chi connectivity index (χ1) is 31.3. The zero-order valence-electron chi connectivity index (χ0n) is 35.7. The lowest BCUT2D eigenvalue weighted by Gasteiger charge is -2.16. The van der Waals surface area contributed by atoms with E-state index in [1.165, 1.54) is 33.0 Å². The number of aromatic nitrogens is 5. The van der Waals surface area contributed by atoms with Gasteiger partial charge in [0, 0.05) is 55.2 Å². The zero-order valence-corrected chi connectivity index (χ0v) is 35.7. The van der Waals surface area contributed by atoms with Crippen molar-refractivity contribution < 1.29 is 0 Å². The fourth-order valence-corrected chi connectivity index (χ4v) is 9.25. The molecule has 64 heavy (non-hydrogen) atoms. The molecule has 11 rings (SSSR count). The highest BCUT2D eigenvalue weighted by Gasteiger charge is 2.22. The lowest BCUT2D eigenvalue weighted by atomic mass is 9.94. The van der Waals surface area contributed by atoms with E-state index >= 15 is 0 Å². The molecule has 0 aliphatic heterocycles. The Labute approximate surface area is 370 Å². The fraction of sp³-hybridized carbons (Fsp3) is 0.0702. The first-order valence-corrected chi connectivity index (χ1v) is 21.3.